The molecule has 1 saturated heterocycles. The fourth-order valence-corrected chi connectivity index (χ4v) is 9.13. The van der Waals surface area contributed by atoms with Gasteiger partial charge in [0.05, 0.1) is 25.4 Å². The Morgan fingerprint density at radius 3 is 1.37 bits per heavy atom. The first-order chi connectivity index (χ1) is 32.7. The monoisotopic (exact) mass is 954 g/mol. The third-order valence-corrected chi connectivity index (χ3v) is 13.8. The molecule has 9 unspecified atom stereocenters. The van der Waals surface area contributed by atoms with Crippen LogP contribution in [0, 0.1) is 0 Å². The molecule has 9 atom stereocenters. The molecule has 0 aromatic rings. The summed E-state index contributed by atoms with van der Waals surface area (Å²) in [4.78, 5) is 13.1. The van der Waals surface area contributed by atoms with E-state index in [0.29, 0.717) is 19.3 Å². The van der Waals surface area contributed by atoms with E-state index in [1.807, 2.05) is 6.08 Å². The minimum atomic E-state index is -1.67. The Kier molecular flexibility index (Phi) is 43.4. The normalized spacial score (nSPS) is 20.8. The maximum absolute atomic E-state index is 13.1. The van der Waals surface area contributed by atoms with E-state index < -0.39 is 74.2 Å². The molecule has 1 heterocycles. The summed E-state index contributed by atoms with van der Waals surface area (Å²) in [5.74, 6) is -0.762. The topological polar surface area (TPSA) is 189 Å². The Morgan fingerprint density at radius 1 is 0.537 bits per heavy atom. The SMILES string of the molecule is CCCCCCCC/C=C\C/C=C\CC(O)C(=O)NC(COC1OC(CO)C(O)C(O)C1O)C(O)C(O)CCCCCCCCCCCCCCCCCCCCCCCCCCCCCC. The van der Waals surface area contributed by atoms with Crippen LogP contribution in [0.3, 0.4) is 0 Å². The molecule has 1 amide bonds. The van der Waals surface area contributed by atoms with Gasteiger partial charge in [-0.05, 0) is 25.7 Å². The van der Waals surface area contributed by atoms with Crippen LogP contribution in [0.25, 0.3) is 0 Å². The predicted molar refractivity (Wildman–Crippen MR) is 275 cm³/mol. The van der Waals surface area contributed by atoms with E-state index in [4.69, 9.17) is 9.47 Å². The summed E-state index contributed by atoms with van der Waals surface area (Å²) in [5.41, 5.74) is 0. The van der Waals surface area contributed by atoms with Gasteiger partial charge in [0.1, 0.15) is 36.6 Å². The van der Waals surface area contributed by atoms with Crippen molar-refractivity contribution in [1.82, 2.24) is 5.32 Å². The first-order valence-electron chi connectivity index (χ1n) is 28.2. The van der Waals surface area contributed by atoms with E-state index in [1.165, 1.54) is 193 Å². The summed E-state index contributed by atoms with van der Waals surface area (Å²) in [7, 11) is 0. The molecule has 0 aromatic carbocycles. The second kappa shape index (κ2) is 45.7. The van der Waals surface area contributed by atoms with Crippen LogP contribution in [0.1, 0.15) is 258 Å². The minimum Gasteiger partial charge on any atom is -0.394 e. The summed E-state index contributed by atoms with van der Waals surface area (Å²) in [6, 6.07) is -1.20. The Morgan fingerprint density at radius 2 is 0.940 bits per heavy atom. The standard InChI is InChI=1S/C56H107NO10/c1-3-5-7-9-11-13-15-17-18-19-20-21-22-23-24-25-26-27-28-29-30-31-32-34-35-37-39-41-43-48(59)51(61)47(46-66-56-54(64)53(63)52(62)50(45-58)67-56)57-55(65)49(60)44-42-40-38-36-33-16-14-12-10-8-6-4-2/h33,36,40,42,47-54,56,58-64H,3-32,34-35,37-39,41,43-46H2,1-2H3,(H,57,65)/b36-33-,42-40-. The summed E-state index contributed by atoms with van der Waals surface area (Å²) in [6.07, 6.45) is 42.7. The number of nitrogens with one attached hydrogen (secondary N) is 1. The third kappa shape index (κ3) is 34.5. The lowest BCUT2D eigenvalue weighted by atomic mass is 9.98. The number of aliphatic hydroxyl groups excluding tert-OH is 7. The van der Waals surface area contributed by atoms with Crippen LogP contribution < -0.4 is 5.32 Å². The molecule has 0 aromatic heterocycles. The highest BCUT2D eigenvalue weighted by atomic mass is 16.7. The van der Waals surface area contributed by atoms with Crippen LogP contribution >= 0.6 is 0 Å². The summed E-state index contributed by atoms with van der Waals surface area (Å²) in [6.45, 7) is 3.42. The van der Waals surface area contributed by atoms with Gasteiger partial charge in [-0.25, -0.2) is 0 Å². The molecular weight excluding hydrogens is 847 g/mol. The number of ether oxygens (including phenoxy) is 2. The molecule has 1 fully saturated rings. The summed E-state index contributed by atoms with van der Waals surface area (Å²) < 4.78 is 11.1. The quantitative estimate of drug-likeness (QED) is 0.0215. The van der Waals surface area contributed by atoms with Gasteiger partial charge in [0, 0.05) is 6.42 Å². The molecule has 67 heavy (non-hydrogen) atoms. The Bertz CT molecular complexity index is 1140. The lowest BCUT2D eigenvalue weighted by Crippen LogP contribution is -2.60. The van der Waals surface area contributed by atoms with Crippen molar-refractivity contribution in [3.63, 3.8) is 0 Å². The zero-order valence-electron chi connectivity index (χ0n) is 43.1. The Labute approximate surface area is 410 Å². The van der Waals surface area contributed by atoms with Gasteiger partial charge in [-0.1, -0.05) is 250 Å². The smallest absolute Gasteiger partial charge is 0.249 e. The molecule has 0 bridgehead atoms. The van der Waals surface area contributed by atoms with Gasteiger partial charge >= 0.3 is 0 Å². The highest BCUT2D eigenvalue weighted by Crippen LogP contribution is 2.23. The van der Waals surface area contributed by atoms with E-state index in [0.717, 1.165) is 25.7 Å². The fraction of sp³-hybridized carbons (Fsp3) is 0.911. The Balaban J connectivity index is 2.26. The van der Waals surface area contributed by atoms with Crippen molar-refractivity contribution in [2.24, 2.45) is 0 Å². The largest absolute Gasteiger partial charge is 0.394 e. The second-order valence-electron chi connectivity index (χ2n) is 20.0. The van der Waals surface area contributed by atoms with Crippen molar-refractivity contribution in [2.45, 2.75) is 313 Å². The van der Waals surface area contributed by atoms with Crippen LogP contribution in [0.5, 0.6) is 0 Å². The number of unbranched alkanes of at least 4 members (excludes halogenated alkanes) is 33. The molecular formula is C56H107NO10. The molecule has 396 valence electrons. The van der Waals surface area contributed by atoms with Crippen LogP contribution in [0.4, 0.5) is 0 Å². The number of rotatable bonds is 48. The van der Waals surface area contributed by atoms with Crippen molar-refractivity contribution >= 4 is 5.91 Å². The third-order valence-electron chi connectivity index (χ3n) is 13.8. The zero-order valence-corrected chi connectivity index (χ0v) is 43.1. The number of carbonyl (C=O) groups excluding carboxylic acids is 1. The first-order valence-corrected chi connectivity index (χ1v) is 28.2. The number of hydrogen-bond acceptors (Lipinski definition) is 10. The van der Waals surface area contributed by atoms with Gasteiger partial charge in [-0.2, -0.15) is 0 Å². The average Bonchev–Trinajstić information content (AvgIpc) is 3.33. The van der Waals surface area contributed by atoms with Crippen molar-refractivity contribution in [3.8, 4) is 0 Å². The predicted octanol–water partition coefficient (Wildman–Crippen LogP) is 11.3. The van der Waals surface area contributed by atoms with Crippen molar-refractivity contribution < 1.29 is 50.0 Å². The average molecular weight is 954 g/mol. The van der Waals surface area contributed by atoms with E-state index in [-0.39, 0.29) is 6.42 Å². The van der Waals surface area contributed by atoms with Gasteiger partial charge in [0.2, 0.25) is 5.91 Å². The molecule has 1 rings (SSSR count). The minimum absolute atomic E-state index is 0.0513. The number of aliphatic hydroxyl groups is 7. The van der Waals surface area contributed by atoms with Crippen molar-refractivity contribution in [2.75, 3.05) is 13.2 Å². The molecule has 1 aliphatic rings. The van der Waals surface area contributed by atoms with Gasteiger partial charge in [0.15, 0.2) is 6.29 Å². The summed E-state index contributed by atoms with van der Waals surface area (Å²) >= 11 is 0. The number of allylic oxidation sites excluding steroid dienone is 3. The fourth-order valence-electron chi connectivity index (χ4n) is 9.13. The van der Waals surface area contributed by atoms with Crippen LogP contribution in [0.2, 0.25) is 0 Å². The molecule has 11 heteroatoms. The van der Waals surface area contributed by atoms with Gasteiger partial charge in [-0.15, -0.1) is 0 Å². The first kappa shape index (κ1) is 63.6. The number of hydrogen-bond donors (Lipinski definition) is 8. The molecule has 8 N–H and O–H groups in total. The summed E-state index contributed by atoms with van der Waals surface area (Å²) in [5, 5.41) is 75.8. The molecule has 11 nitrogen and oxygen atoms in total. The highest BCUT2D eigenvalue weighted by Gasteiger charge is 2.44. The highest BCUT2D eigenvalue weighted by molar-refractivity contribution is 5.81. The maximum Gasteiger partial charge on any atom is 0.249 e. The maximum atomic E-state index is 13.1. The van der Waals surface area contributed by atoms with E-state index in [2.05, 4.69) is 31.3 Å². The number of amides is 1. The van der Waals surface area contributed by atoms with E-state index in [1.54, 1.807) is 6.08 Å². The molecule has 0 spiro atoms. The molecule has 0 radical (unpaired) electrons. The van der Waals surface area contributed by atoms with Crippen molar-refractivity contribution in [3.05, 3.63) is 24.3 Å². The van der Waals surface area contributed by atoms with Gasteiger partial charge in [0.25, 0.3) is 0 Å². The Hall–Kier alpha value is -1.41. The zero-order chi connectivity index (χ0) is 49.0. The lowest BCUT2D eigenvalue weighted by molar-refractivity contribution is -0.303. The van der Waals surface area contributed by atoms with E-state index in [9.17, 15) is 40.5 Å². The molecule has 1 aliphatic heterocycles. The molecule has 0 aliphatic carbocycles. The van der Waals surface area contributed by atoms with Crippen molar-refractivity contribution in [1.29, 1.82) is 0 Å². The molecule has 0 saturated carbocycles. The second-order valence-corrected chi connectivity index (χ2v) is 20.0. The van der Waals surface area contributed by atoms with Gasteiger partial charge in [-0.3, -0.25) is 4.79 Å². The van der Waals surface area contributed by atoms with Crippen LogP contribution in [-0.2, 0) is 14.3 Å². The van der Waals surface area contributed by atoms with E-state index >= 15 is 0 Å². The lowest BCUT2D eigenvalue weighted by Gasteiger charge is -2.40. The van der Waals surface area contributed by atoms with Gasteiger partial charge < -0.3 is 50.5 Å². The number of carbonyl (C=O) groups is 1. The van der Waals surface area contributed by atoms with Crippen LogP contribution in [0.15, 0.2) is 24.3 Å². The van der Waals surface area contributed by atoms with Crippen LogP contribution in [-0.4, -0.2) is 110 Å².